The topological polar surface area (TPSA) is 237 Å². The highest BCUT2D eigenvalue weighted by Crippen LogP contribution is 2.45. The Morgan fingerprint density at radius 2 is 0.460 bits per heavy atom. The Labute approximate surface area is 613 Å². The van der Waals surface area contributed by atoms with Crippen molar-refractivity contribution in [1.29, 1.82) is 0 Å². The van der Waals surface area contributed by atoms with E-state index >= 15 is 0 Å². The molecule has 0 aromatic heterocycles. The standard InChI is InChI=1S/C81H158O17P2/c1-7-9-11-13-15-17-19-21-23-25-26-28-30-32-34-40-47-53-59-65-80(85)97-76(69-91-78(83)63-57-51-45-39-33-31-29-27-24-22-20-18-16-14-12-10-8-2)71-95-99(87,88)93-67-75(82)68-94-100(89,90)96-72-77(98-81(86)66-60-54-48-42-36-38-44-50-56-62-74(5)6)70-92-79(84)64-58-52-46-41-35-37-43-49-55-61-73(3)4/h73-77,82H,7-72H2,1-6H3,(H,87,88)(H,89,90)/t75-,76-,77-/m1/s1. The van der Waals surface area contributed by atoms with Crippen molar-refractivity contribution in [2.75, 3.05) is 39.6 Å². The van der Waals surface area contributed by atoms with Crippen molar-refractivity contribution >= 4 is 39.5 Å². The van der Waals surface area contributed by atoms with Gasteiger partial charge in [-0.15, -0.1) is 0 Å². The summed E-state index contributed by atoms with van der Waals surface area (Å²) in [7, 11) is -9.92. The zero-order valence-electron chi connectivity index (χ0n) is 65.5. The summed E-state index contributed by atoms with van der Waals surface area (Å²) in [5, 5.41) is 10.6. The van der Waals surface area contributed by atoms with E-state index in [1.807, 2.05) is 0 Å². The van der Waals surface area contributed by atoms with E-state index < -0.39 is 97.5 Å². The van der Waals surface area contributed by atoms with Gasteiger partial charge < -0.3 is 33.8 Å². The van der Waals surface area contributed by atoms with E-state index in [0.29, 0.717) is 25.7 Å². The average Bonchev–Trinajstić information content (AvgIpc) is 0.965. The number of carbonyl (C=O) groups is 4. The molecule has 0 amide bonds. The molecule has 0 radical (unpaired) electrons. The highest BCUT2D eigenvalue weighted by Gasteiger charge is 2.30. The van der Waals surface area contributed by atoms with Crippen LogP contribution in [0.25, 0.3) is 0 Å². The maximum atomic E-state index is 13.1. The van der Waals surface area contributed by atoms with Crippen LogP contribution in [0.3, 0.4) is 0 Å². The van der Waals surface area contributed by atoms with Crippen LogP contribution in [0.15, 0.2) is 0 Å². The number of unbranched alkanes of at least 4 members (excludes halogenated alkanes) is 50. The normalized spacial score (nSPS) is 13.9. The molecule has 0 saturated carbocycles. The van der Waals surface area contributed by atoms with E-state index in [1.54, 1.807) is 0 Å². The lowest BCUT2D eigenvalue weighted by Crippen LogP contribution is -2.30. The first-order chi connectivity index (χ1) is 48.4. The molecule has 0 rings (SSSR count). The number of carbonyl (C=O) groups excluding carboxylic acids is 4. The zero-order chi connectivity index (χ0) is 73.5. The first-order valence-electron chi connectivity index (χ1n) is 42.0. The van der Waals surface area contributed by atoms with Crippen molar-refractivity contribution in [3.63, 3.8) is 0 Å². The quantitative estimate of drug-likeness (QED) is 0.0222. The second kappa shape index (κ2) is 72.6. The van der Waals surface area contributed by atoms with E-state index in [0.717, 1.165) is 102 Å². The summed E-state index contributed by atoms with van der Waals surface area (Å²) in [5.74, 6) is -0.629. The van der Waals surface area contributed by atoms with Crippen LogP contribution in [0.2, 0.25) is 0 Å². The van der Waals surface area contributed by atoms with E-state index in [1.165, 1.54) is 244 Å². The molecule has 594 valence electrons. The SMILES string of the molecule is CCCCCCCCCCCCCCCCCCCCCC(=O)O[C@H](COC(=O)CCCCCCCCCCCCCCCCCCC)COP(=O)(O)OC[C@@H](O)COP(=O)(O)OC[C@@H](COC(=O)CCCCCCCCCCCC(C)C)OC(=O)CCCCCCCCCCCC(C)C. The summed E-state index contributed by atoms with van der Waals surface area (Å²) in [4.78, 5) is 73.0. The minimum Gasteiger partial charge on any atom is -0.462 e. The maximum absolute atomic E-state index is 13.1. The third kappa shape index (κ3) is 74.3. The number of phosphoric acid groups is 2. The molecule has 3 N–H and O–H groups in total. The summed E-state index contributed by atoms with van der Waals surface area (Å²) in [6.07, 6.45) is 62.5. The number of phosphoric ester groups is 2. The Hall–Kier alpha value is -1.94. The molecule has 2 unspecified atom stereocenters. The molecule has 19 heteroatoms. The van der Waals surface area contributed by atoms with Gasteiger partial charge >= 0.3 is 39.5 Å². The number of aliphatic hydroxyl groups is 1. The van der Waals surface area contributed by atoms with Crippen molar-refractivity contribution in [2.45, 2.75) is 445 Å². The molecule has 0 heterocycles. The molecule has 0 aliphatic rings. The number of aliphatic hydroxyl groups excluding tert-OH is 1. The molecule has 0 aromatic carbocycles. The summed E-state index contributed by atoms with van der Waals surface area (Å²) in [6.45, 7) is 9.59. The number of hydrogen-bond donors (Lipinski definition) is 3. The molecule has 0 fully saturated rings. The molecule has 0 spiro atoms. The number of rotatable bonds is 80. The number of hydrogen-bond acceptors (Lipinski definition) is 15. The van der Waals surface area contributed by atoms with E-state index in [4.69, 9.17) is 37.0 Å². The molecule has 17 nitrogen and oxygen atoms in total. The lowest BCUT2D eigenvalue weighted by molar-refractivity contribution is -0.161. The summed E-state index contributed by atoms with van der Waals surface area (Å²) in [5.41, 5.74) is 0. The fourth-order valence-corrected chi connectivity index (χ4v) is 14.1. The van der Waals surface area contributed by atoms with Gasteiger partial charge in [0.1, 0.15) is 19.3 Å². The van der Waals surface area contributed by atoms with E-state index in [9.17, 15) is 43.2 Å². The van der Waals surface area contributed by atoms with Crippen LogP contribution in [-0.4, -0.2) is 96.7 Å². The van der Waals surface area contributed by atoms with Gasteiger partial charge in [0.2, 0.25) is 0 Å². The van der Waals surface area contributed by atoms with Crippen molar-refractivity contribution < 1.29 is 80.2 Å². The van der Waals surface area contributed by atoms with Crippen LogP contribution >= 0.6 is 15.6 Å². The summed E-state index contributed by atoms with van der Waals surface area (Å²) >= 11 is 0. The Balaban J connectivity index is 5.24. The molecule has 0 bridgehead atoms. The van der Waals surface area contributed by atoms with Crippen LogP contribution < -0.4 is 0 Å². The molecular formula is C81H158O17P2. The largest absolute Gasteiger partial charge is 0.472 e. The number of ether oxygens (including phenoxy) is 4. The summed E-state index contributed by atoms with van der Waals surface area (Å²) < 4.78 is 68.7. The fourth-order valence-electron chi connectivity index (χ4n) is 12.5. The van der Waals surface area contributed by atoms with Gasteiger partial charge in [0.05, 0.1) is 26.4 Å². The first kappa shape index (κ1) is 98.1. The first-order valence-corrected chi connectivity index (χ1v) is 45.0. The van der Waals surface area contributed by atoms with Crippen LogP contribution in [0.1, 0.15) is 427 Å². The van der Waals surface area contributed by atoms with E-state index in [2.05, 4.69) is 41.5 Å². The van der Waals surface area contributed by atoms with E-state index in [-0.39, 0.29) is 25.7 Å². The fraction of sp³-hybridized carbons (Fsp3) is 0.951. The van der Waals surface area contributed by atoms with Crippen molar-refractivity contribution in [3.8, 4) is 0 Å². The minimum absolute atomic E-state index is 0.105. The van der Waals surface area contributed by atoms with Crippen LogP contribution in [0.4, 0.5) is 0 Å². The molecular weight excluding hydrogens is 1310 g/mol. The molecule has 0 aliphatic heterocycles. The van der Waals surface area contributed by atoms with Crippen LogP contribution in [0, 0.1) is 11.8 Å². The molecule has 100 heavy (non-hydrogen) atoms. The Morgan fingerprint density at radius 1 is 0.270 bits per heavy atom. The minimum atomic E-state index is -4.96. The number of esters is 4. The van der Waals surface area contributed by atoms with Gasteiger partial charge in [-0.05, 0) is 37.5 Å². The zero-order valence-corrected chi connectivity index (χ0v) is 67.3. The lowest BCUT2D eigenvalue weighted by Gasteiger charge is -2.21. The molecule has 5 atom stereocenters. The third-order valence-corrected chi connectivity index (χ3v) is 20.9. The van der Waals surface area contributed by atoms with Gasteiger partial charge in [0.15, 0.2) is 12.2 Å². The monoisotopic (exact) mass is 1470 g/mol. The third-order valence-electron chi connectivity index (χ3n) is 19.0. The van der Waals surface area contributed by atoms with Gasteiger partial charge in [-0.3, -0.25) is 37.3 Å². The van der Waals surface area contributed by atoms with Crippen molar-refractivity contribution in [3.05, 3.63) is 0 Å². The lowest BCUT2D eigenvalue weighted by atomic mass is 10.0. The predicted octanol–water partition coefficient (Wildman–Crippen LogP) is 24.3. The highest BCUT2D eigenvalue weighted by atomic mass is 31.2. The van der Waals surface area contributed by atoms with Gasteiger partial charge in [0.25, 0.3) is 0 Å². The molecule has 0 saturated heterocycles. The molecule has 0 aliphatic carbocycles. The van der Waals surface area contributed by atoms with Crippen molar-refractivity contribution in [1.82, 2.24) is 0 Å². The predicted molar refractivity (Wildman–Crippen MR) is 409 cm³/mol. The summed E-state index contributed by atoms with van der Waals surface area (Å²) in [6, 6.07) is 0. The maximum Gasteiger partial charge on any atom is 0.472 e. The second-order valence-electron chi connectivity index (χ2n) is 30.1. The van der Waals surface area contributed by atoms with Crippen LogP contribution in [-0.2, 0) is 65.4 Å². The van der Waals surface area contributed by atoms with Crippen LogP contribution in [0.5, 0.6) is 0 Å². The van der Waals surface area contributed by atoms with Gasteiger partial charge in [-0.2, -0.15) is 0 Å². The Kier molecular flexibility index (Phi) is 71.2. The Bertz CT molecular complexity index is 1920. The average molecular weight is 1470 g/mol. The Morgan fingerprint density at radius 3 is 0.680 bits per heavy atom. The van der Waals surface area contributed by atoms with Gasteiger partial charge in [-0.25, -0.2) is 9.13 Å². The molecule has 0 aromatic rings. The van der Waals surface area contributed by atoms with Crippen molar-refractivity contribution in [2.24, 2.45) is 11.8 Å². The van der Waals surface area contributed by atoms with Gasteiger partial charge in [0, 0.05) is 25.7 Å². The van der Waals surface area contributed by atoms with Gasteiger partial charge in [-0.1, -0.05) is 375 Å². The smallest absolute Gasteiger partial charge is 0.462 e. The second-order valence-corrected chi connectivity index (χ2v) is 33.0. The highest BCUT2D eigenvalue weighted by molar-refractivity contribution is 7.47.